The summed E-state index contributed by atoms with van der Waals surface area (Å²) in [5.74, 6) is 0. The van der Waals surface area contributed by atoms with Gasteiger partial charge in [-0.1, -0.05) is 11.6 Å². The molecule has 0 fully saturated rings. The molecule has 1 aliphatic rings. The molecule has 0 amide bonds. The number of hydrogen-bond donors (Lipinski definition) is 1. The van der Waals surface area contributed by atoms with Crippen LogP contribution < -0.4 is 5.73 Å². The molecule has 2 heteroatoms. The predicted octanol–water partition coefficient (Wildman–Crippen LogP) is 0.679. The monoisotopic (exact) mass is 127 g/mol. The lowest BCUT2D eigenvalue weighted by molar-refractivity contribution is 0.0998. The van der Waals surface area contributed by atoms with Gasteiger partial charge >= 0.3 is 0 Å². The maximum atomic E-state index is 5.74. The van der Waals surface area contributed by atoms with E-state index < -0.39 is 0 Å². The molecule has 2 N–H and O–H groups in total. The first-order valence-corrected chi connectivity index (χ1v) is 3.20. The first kappa shape index (κ1) is 6.78. The lowest BCUT2D eigenvalue weighted by atomic mass is 10.1. The van der Waals surface area contributed by atoms with Crippen molar-refractivity contribution in [3.05, 3.63) is 11.6 Å². The molecule has 2 unspecified atom stereocenters. The normalized spacial score (nSPS) is 34.8. The van der Waals surface area contributed by atoms with E-state index in [0.29, 0.717) is 0 Å². The molecule has 0 aromatic carbocycles. The fourth-order valence-corrected chi connectivity index (χ4v) is 1.12. The first-order chi connectivity index (χ1) is 4.25. The molecule has 0 radical (unpaired) electrons. The van der Waals surface area contributed by atoms with Crippen molar-refractivity contribution in [2.75, 3.05) is 7.11 Å². The zero-order chi connectivity index (χ0) is 6.85. The maximum Gasteiger partial charge on any atom is 0.0794 e. The smallest absolute Gasteiger partial charge is 0.0794 e. The third kappa shape index (κ3) is 1.14. The van der Waals surface area contributed by atoms with Crippen LogP contribution in [0.5, 0.6) is 0 Å². The summed E-state index contributed by atoms with van der Waals surface area (Å²) in [4.78, 5) is 0. The van der Waals surface area contributed by atoms with Crippen molar-refractivity contribution in [3.8, 4) is 0 Å². The Morgan fingerprint density at radius 1 is 1.78 bits per heavy atom. The molecule has 52 valence electrons. The Balaban J connectivity index is 2.51. The van der Waals surface area contributed by atoms with Gasteiger partial charge in [0, 0.05) is 7.11 Å². The van der Waals surface area contributed by atoms with Crippen molar-refractivity contribution in [1.29, 1.82) is 0 Å². The fraction of sp³-hybridized carbons (Fsp3) is 0.714. The summed E-state index contributed by atoms with van der Waals surface area (Å²) in [6.07, 6.45) is 3.34. The van der Waals surface area contributed by atoms with Gasteiger partial charge in [-0.3, -0.25) is 0 Å². The molecule has 1 rings (SSSR count). The summed E-state index contributed by atoms with van der Waals surface area (Å²) < 4.78 is 5.12. The highest BCUT2D eigenvalue weighted by Crippen LogP contribution is 2.18. The minimum atomic E-state index is 0.134. The van der Waals surface area contributed by atoms with Gasteiger partial charge in [-0.25, -0.2) is 0 Å². The summed E-state index contributed by atoms with van der Waals surface area (Å²) in [5, 5.41) is 0. The fourth-order valence-electron chi connectivity index (χ4n) is 1.12. The quantitative estimate of drug-likeness (QED) is 0.526. The van der Waals surface area contributed by atoms with Crippen LogP contribution in [0.25, 0.3) is 0 Å². The van der Waals surface area contributed by atoms with Crippen LogP contribution in [0.15, 0.2) is 11.6 Å². The highest BCUT2D eigenvalue weighted by molar-refractivity contribution is 5.16. The first-order valence-electron chi connectivity index (χ1n) is 3.20. The average Bonchev–Trinajstić information content (AvgIpc) is 2.15. The molecule has 0 aromatic rings. The summed E-state index contributed by atoms with van der Waals surface area (Å²) >= 11 is 0. The van der Waals surface area contributed by atoms with E-state index in [1.54, 1.807) is 7.11 Å². The lowest BCUT2D eigenvalue weighted by Gasteiger charge is -2.14. The largest absolute Gasteiger partial charge is 0.379 e. The second-order valence-electron chi connectivity index (χ2n) is 2.48. The van der Waals surface area contributed by atoms with E-state index in [9.17, 15) is 0 Å². The second-order valence-corrected chi connectivity index (χ2v) is 2.48. The van der Waals surface area contributed by atoms with Gasteiger partial charge in [-0.05, 0) is 13.3 Å². The number of methoxy groups -OCH3 is 1. The van der Waals surface area contributed by atoms with E-state index in [4.69, 9.17) is 10.5 Å². The van der Waals surface area contributed by atoms with Crippen LogP contribution in [-0.4, -0.2) is 19.3 Å². The van der Waals surface area contributed by atoms with Crippen LogP contribution in [0.1, 0.15) is 13.3 Å². The van der Waals surface area contributed by atoms with E-state index in [1.807, 2.05) is 6.92 Å². The van der Waals surface area contributed by atoms with Crippen LogP contribution in [0.3, 0.4) is 0 Å². The third-order valence-corrected chi connectivity index (χ3v) is 1.90. The highest BCUT2D eigenvalue weighted by Gasteiger charge is 2.22. The molecular weight excluding hydrogens is 114 g/mol. The standard InChI is InChI=1S/C7H13NO/c1-5-3-4-6(9-2)7(5)8/h3,6-7H,4,8H2,1-2H3. The molecule has 0 saturated heterocycles. The molecule has 0 spiro atoms. The van der Waals surface area contributed by atoms with Crippen LogP contribution in [0.2, 0.25) is 0 Å². The average molecular weight is 127 g/mol. The van der Waals surface area contributed by atoms with Crippen LogP contribution in [0.4, 0.5) is 0 Å². The van der Waals surface area contributed by atoms with Crippen molar-refractivity contribution in [2.45, 2.75) is 25.5 Å². The number of ether oxygens (including phenoxy) is 1. The number of hydrogen-bond acceptors (Lipinski definition) is 2. The predicted molar refractivity (Wildman–Crippen MR) is 37.1 cm³/mol. The van der Waals surface area contributed by atoms with Crippen LogP contribution in [0, 0.1) is 0 Å². The molecule has 1 aliphatic carbocycles. The SMILES string of the molecule is COC1CC=C(C)C1N. The van der Waals surface area contributed by atoms with Crippen LogP contribution >= 0.6 is 0 Å². The Morgan fingerprint density at radius 3 is 2.67 bits per heavy atom. The summed E-state index contributed by atoms with van der Waals surface area (Å²) in [7, 11) is 1.71. The Bertz CT molecular complexity index is 131. The maximum absolute atomic E-state index is 5.74. The molecule has 0 saturated carbocycles. The topological polar surface area (TPSA) is 35.2 Å². The van der Waals surface area contributed by atoms with Gasteiger partial charge in [0.25, 0.3) is 0 Å². The Morgan fingerprint density at radius 2 is 2.44 bits per heavy atom. The van der Waals surface area contributed by atoms with Crippen LogP contribution in [-0.2, 0) is 4.74 Å². The number of rotatable bonds is 1. The Kier molecular flexibility index (Phi) is 1.88. The Labute approximate surface area is 55.7 Å². The third-order valence-electron chi connectivity index (χ3n) is 1.90. The van der Waals surface area contributed by atoms with Gasteiger partial charge in [0.1, 0.15) is 0 Å². The van der Waals surface area contributed by atoms with Gasteiger partial charge in [-0.2, -0.15) is 0 Å². The summed E-state index contributed by atoms with van der Waals surface area (Å²) in [6, 6.07) is 0.134. The zero-order valence-electron chi connectivity index (χ0n) is 5.92. The van der Waals surface area contributed by atoms with Crippen molar-refractivity contribution < 1.29 is 4.74 Å². The molecule has 9 heavy (non-hydrogen) atoms. The minimum Gasteiger partial charge on any atom is -0.379 e. The molecular formula is C7H13NO. The van der Waals surface area contributed by atoms with Gasteiger partial charge in [0.05, 0.1) is 12.1 Å². The Hall–Kier alpha value is -0.340. The molecule has 0 heterocycles. The van der Waals surface area contributed by atoms with Crippen molar-refractivity contribution in [2.24, 2.45) is 5.73 Å². The van der Waals surface area contributed by atoms with Gasteiger partial charge in [0.15, 0.2) is 0 Å². The second kappa shape index (κ2) is 2.50. The number of nitrogens with two attached hydrogens (primary N) is 1. The van der Waals surface area contributed by atoms with Crippen molar-refractivity contribution in [1.82, 2.24) is 0 Å². The van der Waals surface area contributed by atoms with Crippen molar-refractivity contribution >= 4 is 0 Å². The molecule has 0 aromatic heterocycles. The highest BCUT2D eigenvalue weighted by atomic mass is 16.5. The van der Waals surface area contributed by atoms with E-state index >= 15 is 0 Å². The van der Waals surface area contributed by atoms with E-state index in [2.05, 4.69) is 6.08 Å². The molecule has 2 atom stereocenters. The molecule has 0 aliphatic heterocycles. The molecule has 2 nitrogen and oxygen atoms in total. The van der Waals surface area contributed by atoms with Gasteiger partial charge < -0.3 is 10.5 Å². The molecule has 0 bridgehead atoms. The summed E-state index contributed by atoms with van der Waals surface area (Å²) in [5.41, 5.74) is 6.99. The van der Waals surface area contributed by atoms with Crippen molar-refractivity contribution in [3.63, 3.8) is 0 Å². The lowest BCUT2D eigenvalue weighted by Crippen LogP contribution is -2.32. The van der Waals surface area contributed by atoms with E-state index in [1.165, 1.54) is 5.57 Å². The minimum absolute atomic E-state index is 0.134. The van der Waals surface area contributed by atoms with E-state index in [-0.39, 0.29) is 12.1 Å². The van der Waals surface area contributed by atoms with Gasteiger partial charge in [-0.15, -0.1) is 0 Å². The van der Waals surface area contributed by atoms with E-state index in [0.717, 1.165) is 6.42 Å². The summed E-state index contributed by atoms with van der Waals surface area (Å²) in [6.45, 7) is 2.05. The van der Waals surface area contributed by atoms with Gasteiger partial charge in [0.2, 0.25) is 0 Å². The zero-order valence-corrected chi connectivity index (χ0v) is 5.92.